The van der Waals surface area contributed by atoms with E-state index in [1.165, 1.54) is 0 Å². The first-order valence-corrected chi connectivity index (χ1v) is 8.54. The Kier molecular flexibility index (Phi) is 4.42. The van der Waals surface area contributed by atoms with Gasteiger partial charge in [-0.1, -0.05) is 19.9 Å². The Bertz CT molecular complexity index is 630. The number of ether oxygens (including phenoxy) is 1. The lowest BCUT2D eigenvalue weighted by atomic mass is 9.97. The van der Waals surface area contributed by atoms with Crippen molar-refractivity contribution in [3.63, 3.8) is 0 Å². The van der Waals surface area contributed by atoms with Gasteiger partial charge in [0.05, 0.1) is 5.56 Å². The van der Waals surface area contributed by atoms with Gasteiger partial charge in [0.1, 0.15) is 5.75 Å². The molecule has 1 aromatic rings. The standard InChI is InChI=1S/C19H25NO3/c1-12-6-8-20(9-7-12)17(22)11-23-16-5-4-13(2)18-14(3)10-15(21)19(16)18/h4-5,12,14H,6-11H2,1-3H3. The van der Waals surface area contributed by atoms with Crippen LogP contribution in [0.25, 0.3) is 0 Å². The van der Waals surface area contributed by atoms with Gasteiger partial charge in [-0.25, -0.2) is 0 Å². The molecule has 23 heavy (non-hydrogen) atoms. The molecule has 0 saturated carbocycles. The van der Waals surface area contributed by atoms with Crippen molar-refractivity contribution >= 4 is 11.7 Å². The second-order valence-corrected chi connectivity index (χ2v) is 7.05. The molecule has 1 amide bonds. The zero-order valence-electron chi connectivity index (χ0n) is 14.2. The highest BCUT2D eigenvalue weighted by Gasteiger charge is 2.31. The van der Waals surface area contributed by atoms with Crippen molar-refractivity contribution in [3.8, 4) is 5.75 Å². The van der Waals surface area contributed by atoms with Crippen molar-refractivity contribution in [2.24, 2.45) is 5.92 Å². The summed E-state index contributed by atoms with van der Waals surface area (Å²) in [6.45, 7) is 7.96. The number of benzene rings is 1. The lowest BCUT2D eigenvalue weighted by Gasteiger charge is -2.30. The molecule has 2 aliphatic rings. The Balaban J connectivity index is 1.70. The van der Waals surface area contributed by atoms with Crippen LogP contribution in [0, 0.1) is 12.8 Å². The number of likely N-dealkylation sites (tertiary alicyclic amines) is 1. The highest BCUT2D eigenvalue weighted by Crippen LogP contribution is 2.40. The van der Waals surface area contributed by atoms with Crippen molar-refractivity contribution < 1.29 is 14.3 Å². The smallest absolute Gasteiger partial charge is 0.260 e. The number of aryl methyl sites for hydroxylation is 1. The van der Waals surface area contributed by atoms with Gasteiger partial charge in [-0.2, -0.15) is 0 Å². The summed E-state index contributed by atoms with van der Waals surface area (Å²) in [5.74, 6) is 1.65. The van der Waals surface area contributed by atoms with Crippen molar-refractivity contribution in [3.05, 3.63) is 28.8 Å². The number of amides is 1. The van der Waals surface area contributed by atoms with Crippen molar-refractivity contribution in [1.82, 2.24) is 4.90 Å². The number of hydrogen-bond acceptors (Lipinski definition) is 3. The number of piperidine rings is 1. The van der Waals surface area contributed by atoms with Crippen LogP contribution >= 0.6 is 0 Å². The molecule has 1 atom stereocenters. The van der Waals surface area contributed by atoms with E-state index in [4.69, 9.17) is 4.74 Å². The van der Waals surface area contributed by atoms with Crippen LogP contribution < -0.4 is 4.74 Å². The van der Waals surface area contributed by atoms with E-state index in [9.17, 15) is 9.59 Å². The zero-order valence-corrected chi connectivity index (χ0v) is 14.2. The molecule has 0 N–H and O–H groups in total. The molecule has 1 saturated heterocycles. The molecule has 124 valence electrons. The third kappa shape index (κ3) is 3.12. The molecule has 0 spiro atoms. The summed E-state index contributed by atoms with van der Waals surface area (Å²) in [5.41, 5.74) is 2.91. The quantitative estimate of drug-likeness (QED) is 0.859. The SMILES string of the molecule is Cc1ccc(OCC(=O)N2CCC(C)CC2)c2c1C(C)CC2=O. The highest BCUT2D eigenvalue weighted by molar-refractivity contribution is 6.04. The number of carbonyl (C=O) groups excluding carboxylic acids is 2. The number of hydrogen-bond donors (Lipinski definition) is 0. The van der Waals surface area contributed by atoms with Gasteiger partial charge < -0.3 is 9.64 Å². The van der Waals surface area contributed by atoms with Gasteiger partial charge in [-0.05, 0) is 48.8 Å². The molecule has 1 heterocycles. The summed E-state index contributed by atoms with van der Waals surface area (Å²) in [6.07, 6.45) is 2.65. The van der Waals surface area contributed by atoms with E-state index in [1.807, 2.05) is 24.0 Å². The summed E-state index contributed by atoms with van der Waals surface area (Å²) in [7, 11) is 0. The largest absolute Gasteiger partial charge is 0.483 e. The van der Waals surface area contributed by atoms with E-state index in [1.54, 1.807) is 0 Å². The maximum absolute atomic E-state index is 12.3. The molecule has 1 aliphatic heterocycles. The number of rotatable bonds is 3. The Morgan fingerprint density at radius 1 is 1.26 bits per heavy atom. The number of carbonyl (C=O) groups is 2. The average Bonchev–Trinajstić information content (AvgIpc) is 2.83. The summed E-state index contributed by atoms with van der Waals surface area (Å²) in [5, 5.41) is 0. The van der Waals surface area contributed by atoms with E-state index in [0.29, 0.717) is 23.7 Å². The minimum atomic E-state index is 0.0183. The molecule has 0 radical (unpaired) electrons. The lowest BCUT2D eigenvalue weighted by Crippen LogP contribution is -2.40. The minimum absolute atomic E-state index is 0.0183. The van der Waals surface area contributed by atoms with Gasteiger partial charge in [0, 0.05) is 19.5 Å². The lowest BCUT2D eigenvalue weighted by molar-refractivity contribution is -0.134. The topological polar surface area (TPSA) is 46.6 Å². The van der Waals surface area contributed by atoms with Gasteiger partial charge >= 0.3 is 0 Å². The normalized spacial score (nSPS) is 21.4. The molecule has 1 aromatic carbocycles. The Labute approximate surface area is 137 Å². The van der Waals surface area contributed by atoms with E-state index in [-0.39, 0.29) is 24.2 Å². The van der Waals surface area contributed by atoms with Crippen LogP contribution in [0.1, 0.15) is 60.5 Å². The predicted octanol–water partition coefficient (Wildman–Crippen LogP) is 3.32. The third-order valence-electron chi connectivity index (χ3n) is 5.18. The maximum Gasteiger partial charge on any atom is 0.260 e. The summed E-state index contributed by atoms with van der Waals surface area (Å²) < 4.78 is 5.75. The summed E-state index contributed by atoms with van der Waals surface area (Å²) in [6, 6.07) is 3.81. The van der Waals surface area contributed by atoms with Crippen LogP contribution in [-0.4, -0.2) is 36.3 Å². The van der Waals surface area contributed by atoms with Crippen LogP contribution in [0.5, 0.6) is 5.75 Å². The number of fused-ring (bicyclic) bond motifs is 1. The third-order valence-corrected chi connectivity index (χ3v) is 5.18. The number of nitrogens with zero attached hydrogens (tertiary/aromatic N) is 1. The molecule has 3 rings (SSSR count). The first-order chi connectivity index (χ1) is 11.0. The minimum Gasteiger partial charge on any atom is -0.483 e. The fourth-order valence-electron chi connectivity index (χ4n) is 3.72. The first kappa shape index (κ1) is 16.0. The van der Waals surface area contributed by atoms with Gasteiger partial charge in [0.25, 0.3) is 5.91 Å². The molecular formula is C19H25NO3. The zero-order chi connectivity index (χ0) is 16.6. The molecule has 1 aliphatic carbocycles. The van der Waals surface area contributed by atoms with E-state index in [0.717, 1.165) is 37.1 Å². The molecule has 0 bridgehead atoms. The molecule has 0 aromatic heterocycles. The summed E-state index contributed by atoms with van der Waals surface area (Å²) in [4.78, 5) is 26.4. The molecular weight excluding hydrogens is 290 g/mol. The first-order valence-electron chi connectivity index (χ1n) is 8.54. The van der Waals surface area contributed by atoms with Crippen LogP contribution in [0.2, 0.25) is 0 Å². The van der Waals surface area contributed by atoms with Gasteiger partial charge in [-0.15, -0.1) is 0 Å². The molecule has 4 heteroatoms. The van der Waals surface area contributed by atoms with Crippen LogP contribution in [-0.2, 0) is 4.79 Å². The average molecular weight is 315 g/mol. The monoisotopic (exact) mass is 315 g/mol. The van der Waals surface area contributed by atoms with E-state index in [2.05, 4.69) is 13.8 Å². The fraction of sp³-hybridized carbons (Fsp3) is 0.579. The maximum atomic E-state index is 12.3. The molecule has 1 fully saturated rings. The van der Waals surface area contributed by atoms with Crippen molar-refractivity contribution in [2.75, 3.05) is 19.7 Å². The molecule has 1 unspecified atom stereocenters. The van der Waals surface area contributed by atoms with Gasteiger partial charge in [0.2, 0.25) is 0 Å². The van der Waals surface area contributed by atoms with E-state index < -0.39 is 0 Å². The van der Waals surface area contributed by atoms with Crippen LogP contribution in [0.3, 0.4) is 0 Å². The fourth-order valence-corrected chi connectivity index (χ4v) is 3.72. The van der Waals surface area contributed by atoms with Crippen LogP contribution in [0.15, 0.2) is 12.1 Å². The van der Waals surface area contributed by atoms with Gasteiger partial charge in [0.15, 0.2) is 12.4 Å². The second kappa shape index (κ2) is 6.34. The number of Topliss-reactive ketones (excluding diaryl/α,β-unsaturated/α-hetero) is 1. The van der Waals surface area contributed by atoms with E-state index >= 15 is 0 Å². The Morgan fingerprint density at radius 2 is 1.96 bits per heavy atom. The highest BCUT2D eigenvalue weighted by atomic mass is 16.5. The Morgan fingerprint density at radius 3 is 2.65 bits per heavy atom. The Hall–Kier alpha value is -1.84. The summed E-state index contributed by atoms with van der Waals surface area (Å²) >= 11 is 0. The van der Waals surface area contributed by atoms with Crippen molar-refractivity contribution in [2.45, 2.75) is 46.0 Å². The second-order valence-electron chi connectivity index (χ2n) is 7.05. The van der Waals surface area contributed by atoms with Crippen molar-refractivity contribution in [1.29, 1.82) is 0 Å². The molecule has 4 nitrogen and oxygen atoms in total. The number of ketones is 1. The van der Waals surface area contributed by atoms with Crippen LogP contribution in [0.4, 0.5) is 0 Å². The van der Waals surface area contributed by atoms with Gasteiger partial charge in [-0.3, -0.25) is 9.59 Å². The predicted molar refractivity (Wildman–Crippen MR) is 89.0 cm³/mol.